The van der Waals surface area contributed by atoms with Gasteiger partial charge in [-0.2, -0.15) is 0 Å². The largest absolute Gasteiger partial charge is 0.299 e. The molecular weight excluding hydrogens is 232 g/mol. The molecule has 2 unspecified atom stereocenters. The second-order valence-electron chi connectivity index (χ2n) is 6.85. The van der Waals surface area contributed by atoms with Crippen molar-refractivity contribution in [3.63, 3.8) is 0 Å². The predicted molar refractivity (Wildman–Crippen MR) is 79.1 cm³/mol. The van der Waals surface area contributed by atoms with Crippen molar-refractivity contribution in [2.24, 2.45) is 11.8 Å². The molecule has 0 spiro atoms. The summed E-state index contributed by atoms with van der Waals surface area (Å²) in [6.45, 7) is 7.88. The number of hydrogen-bond acceptors (Lipinski definition) is 2. The van der Waals surface area contributed by atoms with Crippen LogP contribution in [0, 0.1) is 11.8 Å². The van der Waals surface area contributed by atoms with Crippen molar-refractivity contribution in [3.8, 4) is 0 Å². The SMILES string of the molecule is C1=CC2CC1C(CN1CCCC1)=C2CN1CCCC1. The fourth-order valence-electron chi connectivity index (χ4n) is 4.49. The Hall–Kier alpha value is -0.600. The number of likely N-dealkylation sites (tertiary alicyclic amines) is 2. The Kier molecular flexibility index (Phi) is 3.24. The van der Waals surface area contributed by atoms with Crippen LogP contribution in [0.15, 0.2) is 23.3 Å². The predicted octanol–water partition coefficient (Wildman–Crippen LogP) is 2.68. The molecule has 2 nitrogen and oxygen atoms in total. The highest BCUT2D eigenvalue weighted by Gasteiger charge is 2.36. The van der Waals surface area contributed by atoms with Gasteiger partial charge in [-0.3, -0.25) is 9.80 Å². The topological polar surface area (TPSA) is 6.48 Å². The van der Waals surface area contributed by atoms with Crippen molar-refractivity contribution >= 4 is 0 Å². The van der Waals surface area contributed by atoms with Crippen LogP contribution in [-0.4, -0.2) is 49.1 Å². The van der Waals surface area contributed by atoms with E-state index in [0.29, 0.717) is 0 Å². The van der Waals surface area contributed by atoms with E-state index in [2.05, 4.69) is 22.0 Å². The zero-order chi connectivity index (χ0) is 12.7. The summed E-state index contributed by atoms with van der Waals surface area (Å²) in [6, 6.07) is 0. The van der Waals surface area contributed by atoms with Gasteiger partial charge in [0.05, 0.1) is 0 Å². The van der Waals surface area contributed by atoms with Gasteiger partial charge in [0, 0.05) is 24.9 Å². The van der Waals surface area contributed by atoms with Gasteiger partial charge in [0.25, 0.3) is 0 Å². The van der Waals surface area contributed by atoms with Crippen molar-refractivity contribution in [3.05, 3.63) is 23.3 Å². The molecule has 4 rings (SSSR count). The smallest absolute Gasteiger partial charge is 0.0202 e. The minimum atomic E-state index is 0.795. The van der Waals surface area contributed by atoms with E-state index in [-0.39, 0.29) is 0 Å². The Morgan fingerprint density at radius 2 is 1.16 bits per heavy atom. The second kappa shape index (κ2) is 5.06. The van der Waals surface area contributed by atoms with E-state index < -0.39 is 0 Å². The van der Waals surface area contributed by atoms with Crippen LogP contribution in [0.5, 0.6) is 0 Å². The Morgan fingerprint density at radius 3 is 1.58 bits per heavy atom. The van der Waals surface area contributed by atoms with E-state index in [1.165, 1.54) is 71.4 Å². The molecule has 2 heteroatoms. The lowest BCUT2D eigenvalue weighted by molar-refractivity contribution is 0.348. The Balaban J connectivity index is 1.50. The summed E-state index contributed by atoms with van der Waals surface area (Å²) in [4.78, 5) is 5.38. The first kappa shape index (κ1) is 12.2. The van der Waals surface area contributed by atoms with Crippen molar-refractivity contribution in [1.82, 2.24) is 9.80 Å². The van der Waals surface area contributed by atoms with Crippen LogP contribution in [0.4, 0.5) is 0 Å². The van der Waals surface area contributed by atoms with Crippen LogP contribution >= 0.6 is 0 Å². The van der Waals surface area contributed by atoms with E-state index in [1.54, 1.807) is 11.1 Å². The Morgan fingerprint density at radius 1 is 0.737 bits per heavy atom. The molecule has 0 aromatic carbocycles. The normalized spacial score (nSPS) is 35.2. The van der Waals surface area contributed by atoms with Crippen molar-refractivity contribution < 1.29 is 0 Å². The number of hydrogen-bond donors (Lipinski definition) is 0. The Labute approximate surface area is 117 Å². The molecule has 2 fully saturated rings. The maximum absolute atomic E-state index is 2.69. The van der Waals surface area contributed by atoms with Crippen LogP contribution in [0.3, 0.4) is 0 Å². The van der Waals surface area contributed by atoms with Crippen LogP contribution < -0.4 is 0 Å². The quantitative estimate of drug-likeness (QED) is 0.715. The van der Waals surface area contributed by atoms with Crippen molar-refractivity contribution in [1.29, 1.82) is 0 Å². The third-order valence-electron chi connectivity index (χ3n) is 5.58. The minimum absolute atomic E-state index is 0.795. The van der Waals surface area contributed by atoms with Crippen LogP contribution in [0.25, 0.3) is 0 Å². The molecule has 0 N–H and O–H groups in total. The van der Waals surface area contributed by atoms with Crippen molar-refractivity contribution in [2.75, 3.05) is 39.3 Å². The maximum atomic E-state index is 2.69. The zero-order valence-electron chi connectivity index (χ0n) is 12.0. The van der Waals surface area contributed by atoms with E-state index in [0.717, 1.165) is 11.8 Å². The highest BCUT2D eigenvalue weighted by atomic mass is 15.1. The average Bonchev–Trinajstić information content (AvgIpc) is 3.15. The summed E-state index contributed by atoms with van der Waals surface area (Å²) in [5, 5.41) is 0. The highest BCUT2D eigenvalue weighted by molar-refractivity contribution is 5.39. The summed E-state index contributed by atoms with van der Waals surface area (Å²) in [5.41, 5.74) is 3.61. The molecule has 2 heterocycles. The summed E-state index contributed by atoms with van der Waals surface area (Å²) in [6.07, 6.45) is 12.0. The maximum Gasteiger partial charge on any atom is 0.0202 e. The van der Waals surface area contributed by atoms with Gasteiger partial charge in [-0.05, 0) is 69.4 Å². The van der Waals surface area contributed by atoms with Gasteiger partial charge in [-0.15, -0.1) is 0 Å². The van der Waals surface area contributed by atoms with Gasteiger partial charge in [0.2, 0.25) is 0 Å². The fraction of sp³-hybridized carbons (Fsp3) is 0.765. The average molecular weight is 258 g/mol. The van der Waals surface area contributed by atoms with Crippen LogP contribution in [0.1, 0.15) is 32.1 Å². The number of fused-ring (bicyclic) bond motifs is 2. The highest BCUT2D eigenvalue weighted by Crippen LogP contribution is 2.44. The zero-order valence-corrected chi connectivity index (χ0v) is 12.0. The molecule has 4 aliphatic rings. The molecule has 0 radical (unpaired) electrons. The molecule has 2 bridgehead atoms. The monoisotopic (exact) mass is 258 g/mol. The van der Waals surface area contributed by atoms with E-state index in [1.807, 2.05) is 0 Å². The molecule has 0 aromatic heterocycles. The Bertz CT molecular complexity index is 361. The number of allylic oxidation sites excluding steroid dienone is 2. The molecule has 0 saturated carbocycles. The lowest BCUT2D eigenvalue weighted by Crippen LogP contribution is -2.28. The molecule has 2 saturated heterocycles. The lowest BCUT2D eigenvalue weighted by Gasteiger charge is -2.25. The second-order valence-corrected chi connectivity index (χ2v) is 6.85. The lowest BCUT2D eigenvalue weighted by atomic mass is 9.96. The molecule has 0 aromatic rings. The molecular formula is C17H26N2. The van der Waals surface area contributed by atoms with E-state index in [4.69, 9.17) is 0 Å². The summed E-state index contributed by atoms with van der Waals surface area (Å²) >= 11 is 0. The van der Waals surface area contributed by atoms with Gasteiger partial charge >= 0.3 is 0 Å². The summed E-state index contributed by atoms with van der Waals surface area (Å²) < 4.78 is 0. The van der Waals surface area contributed by atoms with E-state index in [9.17, 15) is 0 Å². The fourth-order valence-corrected chi connectivity index (χ4v) is 4.49. The third-order valence-corrected chi connectivity index (χ3v) is 5.58. The van der Waals surface area contributed by atoms with E-state index >= 15 is 0 Å². The van der Waals surface area contributed by atoms with Gasteiger partial charge in [-0.25, -0.2) is 0 Å². The number of rotatable bonds is 4. The van der Waals surface area contributed by atoms with Crippen LogP contribution in [0.2, 0.25) is 0 Å². The van der Waals surface area contributed by atoms with Crippen LogP contribution in [-0.2, 0) is 0 Å². The molecule has 19 heavy (non-hydrogen) atoms. The first-order chi connectivity index (χ1) is 9.40. The molecule has 2 atom stereocenters. The molecule has 2 aliphatic heterocycles. The van der Waals surface area contributed by atoms with Crippen molar-refractivity contribution in [2.45, 2.75) is 32.1 Å². The number of nitrogens with zero attached hydrogens (tertiary/aromatic N) is 2. The standard InChI is InChI=1S/C17H26N2/c1-2-8-18(7-1)12-16-14-5-6-15(11-14)17(16)13-19-9-3-4-10-19/h5-6,14-15H,1-4,7-13H2. The summed E-state index contributed by atoms with van der Waals surface area (Å²) in [7, 11) is 0. The first-order valence-corrected chi connectivity index (χ1v) is 8.25. The molecule has 0 amide bonds. The minimum Gasteiger partial charge on any atom is -0.299 e. The van der Waals surface area contributed by atoms with Gasteiger partial charge < -0.3 is 0 Å². The molecule has 104 valence electrons. The summed E-state index contributed by atoms with van der Waals surface area (Å²) in [5.74, 6) is 1.59. The van der Waals surface area contributed by atoms with Gasteiger partial charge in [-0.1, -0.05) is 12.2 Å². The molecule has 2 aliphatic carbocycles. The first-order valence-electron chi connectivity index (χ1n) is 8.25. The third kappa shape index (κ3) is 2.30. The van der Waals surface area contributed by atoms with Gasteiger partial charge in [0.15, 0.2) is 0 Å². The van der Waals surface area contributed by atoms with Gasteiger partial charge in [0.1, 0.15) is 0 Å².